The van der Waals surface area contributed by atoms with Gasteiger partial charge in [-0.2, -0.15) is 0 Å². The van der Waals surface area contributed by atoms with Crippen molar-refractivity contribution in [3.05, 3.63) is 65.7 Å². The minimum atomic E-state index is 0.00408. The molecule has 0 bridgehead atoms. The number of carbonyl (C=O) groups excluding carboxylic acids is 2. The molecule has 2 amide bonds. The summed E-state index contributed by atoms with van der Waals surface area (Å²) in [7, 11) is 1.65. The Hall–Kier alpha value is -2.66. The third-order valence-corrected chi connectivity index (χ3v) is 5.09. The smallest absolute Gasteiger partial charge is 0.253 e. The van der Waals surface area contributed by atoms with Crippen LogP contribution in [0.4, 0.5) is 5.69 Å². The Kier molecular flexibility index (Phi) is 7.20. The maximum Gasteiger partial charge on any atom is 0.253 e. The number of anilines is 1. The van der Waals surface area contributed by atoms with Gasteiger partial charge in [0, 0.05) is 44.4 Å². The highest BCUT2D eigenvalue weighted by Gasteiger charge is 2.22. The van der Waals surface area contributed by atoms with Gasteiger partial charge in [0.2, 0.25) is 5.91 Å². The molecule has 3 rings (SSSR count). The number of benzene rings is 2. The highest BCUT2D eigenvalue weighted by Crippen LogP contribution is 2.22. The van der Waals surface area contributed by atoms with Crippen LogP contribution in [0.1, 0.15) is 35.2 Å². The highest BCUT2D eigenvalue weighted by molar-refractivity contribution is 5.97. The molecule has 2 aromatic carbocycles. The molecule has 1 fully saturated rings. The van der Waals surface area contributed by atoms with Crippen molar-refractivity contribution < 1.29 is 14.3 Å². The molecule has 0 saturated carbocycles. The summed E-state index contributed by atoms with van der Waals surface area (Å²) in [5.41, 5.74) is 2.79. The van der Waals surface area contributed by atoms with Crippen molar-refractivity contribution in [3.8, 4) is 0 Å². The molecule has 1 saturated heterocycles. The van der Waals surface area contributed by atoms with E-state index in [9.17, 15) is 9.59 Å². The first-order valence-corrected chi connectivity index (χ1v) is 9.91. The molecule has 5 nitrogen and oxygen atoms in total. The minimum Gasteiger partial charge on any atom is -0.383 e. The first kappa shape index (κ1) is 20.1. The number of methoxy groups -OCH3 is 1. The van der Waals surface area contributed by atoms with Crippen LogP contribution in [0.2, 0.25) is 0 Å². The van der Waals surface area contributed by atoms with Crippen LogP contribution >= 0.6 is 0 Å². The van der Waals surface area contributed by atoms with E-state index in [1.165, 1.54) is 5.56 Å². The van der Waals surface area contributed by atoms with Gasteiger partial charge >= 0.3 is 0 Å². The number of amides is 2. The predicted octanol–water partition coefficient (Wildman–Crippen LogP) is 3.53. The number of nitrogens with zero attached hydrogens (tertiary/aromatic N) is 2. The third-order valence-electron chi connectivity index (χ3n) is 5.09. The Balaban J connectivity index is 1.62. The van der Waals surface area contributed by atoms with Gasteiger partial charge in [-0.15, -0.1) is 0 Å². The van der Waals surface area contributed by atoms with Crippen LogP contribution in [0.3, 0.4) is 0 Å². The van der Waals surface area contributed by atoms with E-state index in [4.69, 9.17) is 4.74 Å². The number of rotatable bonds is 9. The van der Waals surface area contributed by atoms with Gasteiger partial charge in [0.1, 0.15) is 0 Å². The fraction of sp³-hybridized carbons (Fsp3) is 0.391. The molecule has 1 aliphatic heterocycles. The van der Waals surface area contributed by atoms with Gasteiger partial charge in [0.05, 0.1) is 6.61 Å². The Labute approximate surface area is 166 Å². The van der Waals surface area contributed by atoms with Gasteiger partial charge in [0.15, 0.2) is 0 Å². The Morgan fingerprint density at radius 2 is 1.82 bits per heavy atom. The summed E-state index contributed by atoms with van der Waals surface area (Å²) in [5.74, 6) is 0.158. The molecule has 1 heterocycles. The topological polar surface area (TPSA) is 49.9 Å². The summed E-state index contributed by atoms with van der Waals surface area (Å²) in [6.45, 7) is 2.52. The van der Waals surface area contributed by atoms with Crippen LogP contribution in [0.25, 0.3) is 0 Å². The van der Waals surface area contributed by atoms with Crippen molar-refractivity contribution in [2.45, 2.75) is 25.7 Å². The summed E-state index contributed by atoms with van der Waals surface area (Å²) >= 11 is 0. The van der Waals surface area contributed by atoms with Crippen molar-refractivity contribution in [3.63, 3.8) is 0 Å². The van der Waals surface area contributed by atoms with E-state index in [2.05, 4.69) is 12.1 Å². The van der Waals surface area contributed by atoms with E-state index >= 15 is 0 Å². The lowest BCUT2D eigenvalue weighted by Crippen LogP contribution is -2.35. The molecule has 0 atom stereocenters. The normalized spacial score (nSPS) is 13.8. The van der Waals surface area contributed by atoms with E-state index < -0.39 is 0 Å². The quantitative estimate of drug-likeness (QED) is 0.669. The van der Waals surface area contributed by atoms with Crippen LogP contribution in [-0.4, -0.2) is 50.1 Å². The van der Waals surface area contributed by atoms with Crippen LogP contribution in [-0.2, 0) is 16.0 Å². The van der Waals surface area contributed by atoms with Crippen LogP contribution < -0.4 is 4.90 Å². The molecule has 0 aliphatic carbocycles. The van der Waals surface area contributed by atoms with Gasteiger partial charge in [-0.05, 0) is 49.1 Å². The number of hydrogen-bond acceptors (Lipinski definition) is 3. The third kappa shape index (κ3) is 5.20. The Morgan fingerprint density at radius 1 is 1.07 bits per heavy atom. The summed E-state index contributed by atoms with van der Waals surface area (Å²) in [6.07, 6.45) is 3.34. The minimum absolute atomic E-state index is 0.00408. The Morgan fingerprint density at radius 3 is 2.46 bits per heavy atom. The molecule has 0 radical (unpaired) electrons. The molecule has 1 aliphatic rings. The summed E-state index contributed by atoms with van der Waals surface area (Å²) in [5, 5.41) is 0. The summed E-state index contributed by atoms with van der Waals surface area (Å²) in [6, 6.07) is 17.7. The molecule has 0 aromatic heterocycles. The summed E-state index contributed by atoms with van der Waals surface area (Å²) < 4.78 is 5.18. The molecule has 0 spiro atoms. The number of aryl methyl sites for hydroxylation is 1. The average molecular weight is 380 g/mol. The molecule has 0 unspecified atom stereocenters. The lowest BCUT2D eigenvalue weighted by atomic mass is 10.1. The van der Waals surface area contributed by atoms with Gasteiger partial charge < -0.3 is 14.5 Å². The lowest BCUT2D eigenvalue weighted by Gasteiger charge is -2.23. The second-order valence-electron chi connectivity index (χ2n) is 7.07. The number of carbonyl (C=O) groups is 2. The van der Waals surface area contributed by atoms with E-state index in [-0.39, 0.29) is 11.8 Å². The zero-order chi connectivity index (χ0) is 19.8. The number of ether oxygens (including phenoxy) is 1. The monoisotopic (exact) mass is 380 g/mol. The van der Waals surface area contributed by atoms with E-state index in [0.29, 0.717) is 31.7 Å². The largest absolute Gasteiger partial charge is 0.383 e. The van der Waals surface area contributed by atoms with Crippen molar-refractivity contribution in [1.29, 1.82) is 0 Å². The SMILES string of the molecule is COCCN(CCCc1ccccc1)C(=O)c1ccc(N2CCCC2=O)cc1. The van der Waals surface area contributed by atoms with Crippen molar-refractivity contribution in [2.75, 3.05) is 38.3 Å². The lowest BCUT2D eigenvalue weighted by molar-refractivity contribution is -0.117. The fourth-order valence-electron chi connectivity index (χ4n) is 3.52. The molecule has 2 aromatic rings. The summed E-state index contributed by atoms with van der Waals surface area (Å²) in [4.78, 5) is 28.5. The van der Waals surface area contributed by atoms with E-state index in [1.54, 1.807) is 12.0 Å². The zero-order valence-corrected chi connectivity index (χ0v) is 16.5. The average Bonchev–Trinajstić information content (AvgIpc) is 3.17. The van der Waals surface area contributed by atoms with E-state index in [0.717, 1.165) is 31.5 Å². The second kappa shape index (κ2) is 10.0. The number of hydrogen-bond donors (Lipinski definition) is 0. The van der Waals surface area contributed by atoms with Crippen molar-refractivity contribution in [1.82, 2.24) is 4.90 Å². The molecular formula is C23H28N2O3. The molecule has 148 valence electrons. The fourth-order valence-corrected chi connectivity index (χ4v) is 3.52. The van der Waals surface area contributed by atoms with Gasteiger partial charge in [0.25, 0.3) is 5.91 Å². The van der Waals surface area contributed by atoms with Crippen LogP contribution in [0, 0.1) is 0 Å². The highest BCUT2D eigenvalue weighted by atomic mass is 16.5. The van der Waals surface area contributed by atoms with Gasteiger partial charge in [-0.1, -0.05) is 30.3 Å². The first-order chi connectivity index (χ1) is 13.7. The van der Waals surface area contributed by atoms with Gasteiger partial charge in [-0.3, -0.25) is 9.59 Å². The molecule has 0 N–H and O–H groups in total. The molecule has 28 heavy (non-hydrogen) atoms. The molecular weight excluding hydrogens is 352 g/mol. The zero-order valence-electron chi connectivity index (χ0n) is 16.5. The standard InChI is InChI=1S/C23H28N2O3/c1-28-18-17-24(15-5-9-19-7-3-2-4-8-19)23(27)20-11-13-21(14-12-20)25-16-6-10-22(25)26/h2-4,7-8,11-14H,5-6,9-10,15-18H2,1H3. The maximum absolute atomic E-state index is 13.0. The maximum atomic E-state index is 13.0. The first-order valence-electron chi connectivity index (χ1n) is 9.91. The van der Waals surface area contributed by atoms with Crippen molar-refractivity contribution in [2.24, 2.45) is 0 Å². The van der Waals surface area contributed by atoms with Crippen LogP contribution in [0.15, 0.2) is 54.6 Å². The molecule has 5 heteroatoms. The predicted molar refractivity (Wildman–Crippen MR) is 111 cm³/mol. The second-order valence-corrected chi connectivity index (χ2v) is 7.07. The Bertz CT molecular complexity index is 774. The van der Waals surface area contributed by atoms with Crippen LogP contribution in [0.5, 0.6) is 0 Å². The van der Waals surface area contributed by atoms with Gasteiger partial charge in [-0.25, -0.2) is 0 Å². The van der Waals surface area contributed by atoms with E-state index in [1.807, 2.05) is 47.4 Å². The van der Waals surface area contributed by atoms with Crippen molar-refractivity contribution >= 4 is 17.5 Å².